The fraction of sp³-hybridized carbons (Fsp3) is 0.381. The van der Waals surface area contributed by atoms with Crippen molar-refractivity contribution in [2.24, 2.45) is 4.99 Å². The third kappa shape index (κ3) is 5.37. The van der Waals surface area contributed by atoms with E-state index in [1.165, 1.54) is 12.4 Å². The molecular weight excluding hydrogens is 358 g/mol. The molecule has 0 aliphatic heterocycles. The van der Waals surface area contributed by atoms with Crippen molar-refractivity contribution in [1.29, 1.82) is 0 Å². The van der Waals surface area contributed by atoms with Crippen LogP contribution in [0.2, 0.25) is 0 Å². The van der Waals surface area contributed by atoms with Crippen LogP contribution >= 0.6 is 0 Å². The molecule has 7 heteroatoms. The average molecular weight is 385 g/mol. The Morgan fingerprint density at radius 1 is 1.29 bits per heavy atom. The number of aliphatic hydroxyl groups is 1. The zero-order valence-corrected chi connectivity index (χ0v) is 16.6. The number of esters is 1. The number of aliphatic imine (C=N–C) groups is 1. The van der Waals surface area contributed by atoms with Crippen LogP contribution in [0.4, 0.5) is 5.69 Å². The van der Waals surface area contributed by atoms with E-state index in [0.717, 1.165) is 13.1 Å². The Hall–Kier alpha value is -2.77. The van der Waals surface area contributed by atoms with Gasteiger partial charge in [0.1, 0.15) is 12.4 Å². The van der Waals surface area contributed by atoms with Gasteiger partial charge in [-0.25, -0.2) is 4.79 Å². The Labute approximate surface area is 165 Å². The van der Waals surface area contributed by atoms with Crippen LogP contribution in [0.3, 0.4) is 0 Å². The van der Waals surface area contributed by atoms with Crippen LogP contribution in [0.5, 0.6) is 5.75 Å². The number of aryl methyl sites for hydroxylation is 1. The van der Waals surface area contributed by atoms with E-state index < -0.39 is 5.97 Å². The quantitative estimate of drug-likeness (QED) is 0.509. The van der Waals surface area contributed by atoms with Gasteiger partial charge in [0.05, 0.1) is 23.6 Å². The van der Waals surface area contributed by atoms with Crippen LogP contribution < -0.4 is 0 Å². The van der Waals surface area contributed by atoms with Crippen molar-refractivity contribution in [3.8, 4) is 5.75 Å². The van der Waals surface area contributed by atoms with E-state index in [-0.39, 0.29) is 12.4 Å². The summed E-state index contributed by atoms with van der Waals surface area (Å²) in [4.78, 5) is 23.0. The lowest BCUT2D eigenvalue weighted by molar-refractivity contribution is 0.0467. The Balaban J connectivity index is 2.20. The van der Waals surface area contributed by atoms with Gasteiger partial charge in [-0.05, 0) is 32.1 Å². The van der Waals surface area contributed by atoms with E-state index in [2.05, 4.69) is 28.7 Å². The first-order valence-electron chi connectivity index (χ1n) is 9.32. The lowest BCUT2D eigenvalue weighted by Crippen LogP contribution is -2.27. The molecule has 0 unspecified atom stereocenters. The molecule has 0 bridgehead atoms. The zero-order valence-electron chi connectivity index (χ0n) is 16.6. The molecule has 2 aromatic rings. The van der Waals surface area contributed by atoms with Crippen LogP contribution in [0.1, 0.15) is 41.0 Å². The predicted octanol–water partition coefficient (Wildman–Crippen LogP) is 2.84. The molecule has 1 aromatic carbocycles. The van der Waals surface area contributed by atoms with E-state index in [1.54, 1.807) is 31.2 Å². The highest BCUT2D eigenvalue weighted by Gasteiger charge is 2.14. The molecule has 0 aliphatic rings. The van der Waals surface area contributed by atoms with Gasteiger partial charge in [-0.1, -0.05) is 26.0 Å². The van der Waals surface area contributed by atoms with Crippen molar-refractivity contribution in [2.75, 3.05) is 26.2 Å². The number of hydrogen-bond acceptors (Lipinski definition) is 7. The number of carbonyl (C=O) groups excluding carboxylic acids is 1. The van der Waals surface area contributed by atoms with Gasteiger partial charge < -0.3 is 19.8 Å². The van der Waals surface area contributed by atoms with Gasteiger partial charge in [0.15, 0.2) is 0 Å². The minimum Gasteiger partial charge on any atom is -0.505 e. The number of likely N-dealkylation sites (N-methyl/N-ethyl adjacent to an activating group) is 1. The van der Waals surface area contributed by atoms with Gasteiger partial charge in [0, 0.05) is 30.1 Å². The predicted molar refractivity (Wildman–Crippen MR) is 108 cm³/mol. The summed E-state index contributed by atoms with van der Waals surface area (Å²) in [6.07, 6.45) is 2.92. The summed E-state index contributed by atoms with van der Waals surface area (Å²) in [5, 5.41) is 19.7. The van der Waals surface area contributed by atoms with Crippen molar-refractivity contribution in [3.05, 3.63) is 52.8 Å². The van der Waals surface area contributed by atoms with Crippen molar-refractivity contribution in [2.45, 2.75) is 27.4 Å². The molecular formula is C21H27N3O4. The van der Waals surface area contributed by atoms with Crippen LogP contribution in [-0.4, -0.2) is 58.5 Å². The molecule has 0 saturated carbocycles. The SMILES string of the molecule is CCN(CC)CCOC(=O)c1ccccc1N=Cc1c(CO)cnc(C)c1O. The highest BCUT2D eigenvalue weighted by atomic mass is 16.5. The lowest BCUT2D eigenvalue weighted by Gasteiger charge is -2.17. The summed E-state index contributed by atoms with van der Waals surface area (Å²) in [5.41, 5.74) is 2.02. The monoisotopic (exact) mass is 385 g/mol. The van der Waals surface area contributed by atoms with E-state index in [0.29, 0.717) is 41.2 Å². The molecule has 150 valence electrons. The van der Waals surface area contributed by atoms with Crippen LogP contribution in [0, 0.1) is 6.92 Å². The summed E-state index contributed by atoms with van der Waals surface area (Å²) >= 11 is 0. The van der Waals surface area contributed by atoms with Crippen LogP contribution in [0.25, 0.3) is 0 Å². The topological polar surface area (TPSA) is 95.2 Å². The molecule has 0 spiro atoms. The zero-order chi connectivity index (χ0) is 20.5. The molecule has 0 amide bonds. The number of carbonyl (C=O) groups is 1. The number of aliphatic hydroxyl groups excluding tert-OH is 1. The van der Waals surface area contributed by atoms with Gasteiger partial charge in [-0.15, -0.1) is 0 Å². The Bertz CT molecular complexity index is 832. The van der Waals surface area contributed by atoms with Gasteiger partial charge >= 0.3 is 5.97 Å². The first-order valence-corrected chi connectivity index (χ1v) is 9.32. The number of benzene rings is 1. The van der Waals surface area contributed by atoms with E-state index in [4.69, 9.17) is 4.74 Å². The summed E-state index contributed by atoms with van der Waals surface area (Å²) < 4.78 is 5.39. The Morgan fingerprint density at radius 3 is 2.68 bits per heavy atom. The molecule has 2 rings (SSSR count). The molecule has 0 aliphatic carbocycles. The lowest BCUT2D eigenvalue weighted by atomic mass is 10.1. The van der Waals surface area contributed by atoms with Gasteiger partial charge in [-0.3, -0.25) is 9.98 Å². The highest BCUT2D eigenvalue weighted by Crippen LogP contribution is 2.24. The fourth-order valence-corrected chi connectivity index (χ4v) is 2.70. The largest absolute Gasteiger partial charge is 0.505 e. The number of aromatic hydroxyl groups is 1. The highest BCUT2D eigenvalue weighted by molar-refractivity contribution is 5.97. The number of hydrogen-bond donors (Lipinski definition) is 2. The number of pyridine rings is 1. The Kier molecular flexibility index (Phi) is 8.10. The second-order valence-corrected chi connectivity index (χ2v) is 6.23. The summed E-state index contributed by atoms with van der Waals surface area (Å²) in [7, 11) is 0. The number of rotatable bonds is 9. The maximum atomic E-state index is 12.5. The summed E-state index contributed by atoms with van der Waals surface area (Å²) in [6, 6.07) is 6.86. The molecule has 7 nitrogen and oxygen atoms in total. The van der Waals surface area contributed by atoms with E-state index in [1.807, 2.05) is 0 Å². The standard InChI is InChI=1S/C21H27N3O4/c1-4-24(5-2)10-11-28-21(27)17-8-6-7-9-19(17)23-13-18-16(14-25)12-22-15(3)20(18)26/h6-9,12-13,25-26H,4-5,10-11,14H2,1-3H3. The van der Waals surface area contributed by atoms with Crippen molar-refractivity contribution < 1.29 is 19.7 Å². The molecule has 1 aromatic heterocycles. The van der Waals surface area contributed by atoms with Crippen LogP contribution in [0.15, 0.2) is 35.5 Å². The molecule has 0 atom stereocenters. The molecule has 0 radical (unpaired) electrons. The normalized spacial score (nSPS) is 11.3. The second kappa shape index (κ2) is 10.5. The van der Waals surface area contributed by atoms with Crippen molar-refractivity contribution in [3.63, 3.8) is 0 Å². The summed E-state index contributed by atoms with van der Waals surface area (Å²) in [5.74, 6) is -0.494. The van der Waals surface area contributed by atoms with Gasteiger partial charge in [0.2, 0.25) is 0 Å². The number of nitrogens with zero attached hydrogens (tertiary/aromatic N) is 3. The second-order valence-electron chi connectivity index (χ2n) is 6.23. The third-order valence-electron chi connectivity index (χ3n) is 4.52. The first kappa shape index (κ1) is 21.5. The minimum absolute atomic E-state index is 0.0467. The smallest absolute Gasteiger partial charge is 0.340 e. The van der Waals surface area contributed by atoms with E-state index >= 15 is 0 Å². The summed E-state index contributed by atoms with van der Waals surface area (Å²) in [6.45, 7) is 8.28. The average Bonchev–Trinajstić information content (AvgIpc) is 2.72. The van der Waals surface area contributed by atoms with E-state index in [9.17, 15) is 15.0 Å². The minimum atomic E-state index is -0.447. The van der Waals surface area contributed by atoms with Gasteiger partial charge in [0.25, 0.3) is 0 Å². The van der Waals surface area contributed by atoms with Crippen LogP contribution in [-0.2, 0) is 11.3 Å². The van der Waals surface area contributed by atoms with Crippen molar-refractivity contribution in [1.82, 2.24) is 9.88 Å². The molecule has 28 heavy (non-hydrogen) atoms. The maximum Gasteiger partial charge on any atom is 0.340 e. The fourth-order valence-electron chi connectivity index (χ4n) is 2.70. The molecule has 0 saturated heterocycles. The van der Waals surface area contributed by atoms with Crippen molar-refractivity contribution >= 4 is 17.9 Å². The third-order valence-corrected chi connectivity index (χ3v) is 4.52. The molecule has 2 N–H and O–H groups in total. The maximum absolute atomic E-state index is 12.5. The number of ether oxygens (including phenoxy) is 1. The number of aromatic nitrogens is 1. The molecule has 0 fully saturated rings. The first-order chi connectivity index (χ1) is 13.5. The molecule has 1 heterocycles. The Morgan fingerprint density at radius 2 is 2.00 bits per heavy atom. The number of para-hydroxylation sites is 1. The van der Waals surface area contributed by atoms with Gasteiger partial charge in [-0.2, -0.15) is 0 Å².